The van der Waals surface area contributed by atoms with Crippen LogP contribution in [0, 0.1) is 0 Å². The zero-order chi connectivity index (χ0) is 22.6. The predicted molar refractivity (Wildman–Crippen MR) is 126 cm³/mol. The number of nitrogens with one attached hydrogen (secondary N) is 1. The van der Waals surface area contributed by atoms with E-state index in [9.17, 15) is 13.2 Å². The molecule has 1 aliphatic rings. The van der Waals surface area contributed by atoms with E-state index in [0.717, 1.165) is 5.75 Å². The molecule has 0 saturated carbocycles. The number of para-hydroxylation sites is 1. The largest absolute Gasteiger partial charge is 0.457 e. The van der Waals surface area contributed by atoms with Gasteiger partial charge >= 0.3 is 0 Å². The van der Waals surface area contributed by atoms with Gasteiger partial charge in [0.2, 0.25) is 5.91 Å². The van der Waals surface area contributed by atoms with Crippen molar-refractivity contribution in [2.24, 2.45) is 0 Å². The van der Waals surface area contributed by atoms with Crippen LogP contribution in [0.3, 0.4) is 0 Å². The molecule has 3 aromatic rings. The van der Waals surface area contributed by atoms with Gasteiger partial charge in [0.15, 0.2) is 0 Å². The minimum atomic E-state index is -3.45. The van der Waals surface area contributed by atoms with Gasteiger partial charge < -0.3 is 10.1 Å². The fraction of sp³-hybridized carbons (Fsp3) is 0.261. The van der Waals surface area contributed by atoms with Crippen LogP contribution in [0.1, 0.15) is 6.92 Å². The number of hydrogen-bond acceptors (Lipinski definition) is 6. The van der Waals surface area contributed by atoms with Gasteiger partial charge in [0.05, 0.1) is 6.04 Å². The second kappa shape index (κ2) is 9.83. The molecule has 1 aliphatic heterocycles. The Balaban J connectivity index is 1.30. The van der Waals surface area contributed by atoms with Gasteiger partial charge in [-0.1, -0.05) is 24.3 Å². The second-order valence-corrected chi connectivity index (χ2v) is 10.6. The fourth-order valence-electron chi connectivity index (χ4n) is 3.51. The molecule has 1 fully saturated rings. The number of ether oxygens (including phenoxy) is 1. The van der Waals surface area contributed by atoms with Crippen LogP contribution in [0.4, 0.5) is 5.69 Å². The van der Waals surface area contributed by atoms with Crippen molar-refractivity contribution in [2.75, 3.05) is 31.5 Å². The molecule has 0 spiro atoms. The molecule has 1 N–H and O–H groups in total. The van der Waals surface area contributed by atoms with Crippen molar-refractivity contribution in [1.29, 1.82) is 0 Å². The average Bonchev–Trinajstić information content (AvgIpc) is 3.37. The summed E-state index contributed by atoms with van der Waals surface area (Å²) in [7, 11) is -3.45. The standard InChI is InChI=1S/C23H25N3O4S2/c1-18(25-13-15-26(16-14-25)32(28,29)22-8-5-17-31-22)23(27)24-19-9-11-21(12-10-19)30-20-6-3-2-4-7-20/h2-12,17-18H,13-16H2,1H3,(H,24,27). The zero-order valence-corrected chi connectivity index (χ0v) is 19.3. The first-order valence-corrected chi connectivity index (χ1v) is 12.7. The SMILES string of the molecule is CC(C(=O)Nc1ccc(Oc2ccccc2)cc1)N1CCN(S(=O)(=O)c2cccs2)CC1. The highest BCUT2D eigenvalue weighted by Crippen LogP contribution is 2.24. The number of amides is 1. The van der Waals surface area contributed by atoms with Gasteiger partial charge in [-0.15, -0.1) is 11.3 Å². The Morgan fingerprint density at radius 2 is 1.59 bits per heavy atom. The molecule has 2 aromatic carbocycles. The first-order valence-electron chi connectivity index (χ1n) is 10.3. The lowest BCUT2D eigenvalue weighted by atomic mass is 10.2. The highest BCUT2D eigenvalue weighted by atomic mass is 32.2. The third-order valence-electron chi connectivity index (χ3n) is 5.39. The van der Waals surface area contributed by atoms with E-state index in [1.54, 1.807) is 29.6 Å². The van der Waals surface area contributed by atoms with E-state index >= 15 is 0 Å². The van der Waals surface area contributed by atoms with Crippen molar-refractivity contribution in [1.82, 2.24) is 9.21 Å². The molecule has 1 aromatic heterocycles. The minimum absolute atomic E-state index is 0.128. The van der Waals surface area contributed by atoms with E-state index in [4.69, 9.17) is 4.74 Å². The van der Waals surface area contributed by atoms with Crippen LogP contribution in [0.25, 0.3) is 0 Å². The number of anilines is 1. The van der Waals surface area contributed by atoms with Crippen molar-refractivity contribution in [3.63, 3.8) is 0 Å². The molecular formula is C23H25N3O4S2. The fourth-order valence-corrected chi connectivity index (χ4v) is 6.08. The van der Waals surface area contributed by atoms with Crippen LogP contribution in [-0.4, -0.2) is 55.8 Å². The molecular weight excluding hydrogens is 446 g/mol. The first kappa shape index (κ1) is 22.5. The highest BCUT2D eigenvalue weighted by Gasteiger charge is 2.32. The average molecular weight is 472 g/mol. The molecule has 2 heterocycles. The van der Waals surface area contributed by atoms with Crippen LogP contribution in [0.2, 0.25) is 0 Å². The van der Waals surface area contributed by atoms with Crippen LogP contribution < -0.4 is 10.1 Å². The summed E-state index contributed by atoms with van der Waals surface area (Å²) in [6, 6.07) is 19.7. The Morgan fingerprint density at radius 1 is 0.938 bits per heavy atom. The maximum atomic E-state index is 12.7. The number of carbonyl (C=O) groups excluding carboxylic acids is 1. The van der Waals surface area contributed by atoms with E-state index in [0.29, 0.717) is 41.8 Å². The van der Waals surface area contributed by atoms with Crippen LogP contribution in [-0.2, 0) is 14.8 Å². The number of carbonyl (C=O) groups is 1. The quantitative estimate of drug-likeness (QED) is 0.566. The molecule has 1 atom stereocenters. The summed E-state index contributed by atoms with van der Waals surface area (Å²) in [6.45, 7) is 3.57. The number of piperazine rings is 1. The number of thiophene rings is 1. The topological polar surface area (TPSA) is 79.0 Å². The van der Waals surface area contributed by atoms with Crippen LogP contribution in [0.15, 0.2) is 76.3 Å². The Hall–Kier alpha value is -2.72. The maximum absolute atomic E-state index is 12.7. The van der Waals surface area contributed by atoms with Gasteiger partial charge in [0.25, 0.3) is 10.0 Å². The van der Waals surface area contributed by atoms with Crippen molar-refractivity contribution in [3.05, 3.63) is 72.1 Å². The number of sulfonamides is 1. The molecule has 1 saturated heterocycles. The normalized spacial score (nSPS) is 16.4. The zero-order valence-electron chi connectivity index (χ0n) is 17.7. The van der Waals surface area contributed by atoms with E-state index in [1.165, 1.54) is 15.6 Å². The first-order chi connectivity index (χ1) is 15.4. The van der Waals surface area contributed by atoms with E-state index < -0.39 is 10.0 Å². The summed E-state index contributed by atoms with van der Waals surface area (Å²) in [5, 5.41) is 4.69. The molecule has 4 rings (SSSR count). The van der Waals surface area contributed by atoms with Gasteiger partial charge in [-0.3, -0.25) is 9.69 Å². The van der Waals surface area contributed by atoms with Crippen molar-refractivity contribution < 1.29 is 17.9 Å². The Bertz CT molecular complexity index is 1130. The Labute approximate surface area is 192 Å². The molecule has 32 heavy (non-hydrogen) atoms. The second-order valence-electron chi connectivity index (χ2n) is 7.48. The molecule has 9 heteroatoms. The monoisotopic (exact) mass is 471 g/mol. The molecule has 7 nitrogen and oxygen atoms in total. The minimum Gasteiger partial charge on any atom is -0.457 e. The van der Waals surface area contributed by atoms with Crippen LogP contribution >= 0.6 is 11.3 Å². The van der Waals surface area contributed by atoms with Crippen LogP contribution in [0.5, 0.6) is 11.5 Å². The lowest BCUT2D eigenvalue weighted by molar-refractivity contribution is -0.121. The van der Waals surface area contributed by atoms with Gasteiger partial charge in [-0.25, -0.2) is 8.42 Å². The number of hydrogen-bond donors (Lipinski definition) is 1. The van der Waals surface area contributed by atoms with Crippen molar-refractivity contribution >= 4 is 33.0 Å². The summed E-state index contributed by atoms with van der Waals surface area (Å²) < 4.78 is 33.0. The smallest absolute Gasteiger partial charge is 0.252 e. The third-order valence-corrected chi connectivity index (χ3v) is 8.66. The van der Waals surface area contributed by atoms with E-state index in [1.807, 2.05) is 54.3 Å². The molecule has 0 radical (unpaired) electrons. The summed E-state index contributed by atoms with van der Waals surface area (Å²) >= 11 is 1.22. The van der Waals surface area contributed by atoms with Crippen molar-refractivity contribution in [3.8, 4) is 11.5 Å². The Morgan fingerprint density at radius 3 is 2.22 bits per heavy atom. The molecule has 0 bridgehead atoms. The number of nitrogens with zero attached hydrogens (tertiary/aromatic N) is 2. The molecule has 1 amide bonds. The van der Waals surface area contributed by atoms with Gasteiger partial charge in [-0.2, -0.15) is 4.31 Å². The van der Waals surface area contributed by atoms with Gasteiger partial charge in [0.1, 0.15) is 15.7 Å². The molecule has 168 valence electrons. The lowest BCUT2D eigenvalue weighted by Gasteiger charge is -2.36. The summed E-state index contributed by atoms with van der Waals surface area (Å²) in [5.74, 6) is 1.31. The summed E-state index contributed by atoms with van der Waals surface area (Å²) in [5.41, 5.74) is 0.682. The summed E-state index contributed by atoms with van der Waals surface area (Å²) in [4.78, 5) is 14.7. The Kier molecular flexibility index (Phi) is 6.90. The summed E-state index contributed by atoms with van der Waals surface area (Å²) in [6.07, 6.45) is 0. The molecule has 0 aliphatic carbocycles. The lowest BCUT2D eigenvalue weighted by Crippen LogP contribution is -2.53. The van der Waals surface area contributed by atoms with Gasteiger partial charge in [-0.05, 0) is 54.8 Å². The van der Waals surface area contributed by atoms with E-state index in [-0.39, 0.29) is 11.9 Å². The van der Waals surface area contributed by atoms with Gasteiger partial charge in [0, 0.05) is 31.9 Å². The highest BCUT2D eigenvalue weighted by molar-refractivity contribution is 7.91. The number of rotatable bonds is 7. The van der Waals surface area contributed by atoms with Crippen molar-refractivity contribution in [2.45, 2.75) is 17.2 Å². The third kappa shape index (κ3) is 5.18. The maximum Gasteiger partial charge on any atom is 0.252 e. The van der Waals surface area contributed by atoms with E-state index in [2.05, 4.69) is 5.32 Å². The molecule has 1 unspecified atom stereocenters. The number of benzene rings is 2. The predicted octanol–water partition coefficient (Wildman–Crippen LogP) is 3.87.